The lowest BCUT2D eigenvalue weighted by molar-refractivity contribution is -0.134. The number of hydrogen-bond donors (Lipinski definition) is 1. The van der Waals surface area contributed by atoms with Crippen LogP contribution in [0.1, 0.15) is 65.1 Å². The maximum absolute atomic E-state index is 13.7. The number of amides is 2. The number of rotatable bonds is 5. The molecule has 3 heterocycles. The van der Waals surface area contributed by atoms with Crippen molar-refractivity contribution in [1.82, 2.24) is 9.80 Å². The second-order valence-electron chi connectivity index (χ2n) is 9.49. The molecule has 6 heteroatoms. The van der Waals surface area contributed by atoms with E-state index in [1.54, 1.807) is 17.0 Å². The van der Waals surface area contributed by atoms with Gasteiger partial charge in [0.2, 0.25) is 5.91 Å². The van der Waals surface area contributed by atoms with Crippen LogP contribution in [-0.2, 0) is 4.79 Å². The molecule has 2 aromatic carbocycles. The normalized spacial score (nSPS) is 23.3. The van der Waals surface area contributed by atoms with Gasteiger partial charge in [0.1, 0.15) is 11.8 Å². The van der Waals surface area contributed by atoms with Crippen molar-refractivity contribution in [3.63, 3.8) is 0 Å². The first-order valence-corrected chi connectivity index (χ1v) is 12.1. The van der Waals surface area contributed by atoms with E-state index in [0.717, 1.165) is 12.0 Å². The van der Waals surface area contributed by atoms with E-state index in [-0.39, 0.29) is 29.5 Å². The molecule has 6 nitrogen and oxygen atoms in total. The Balaban J connectivity index is 1.38. The van der Waals surface area contributed by atoms with Gasteiger partial charge in [0.05, 0.1) is 6.04 Å². The summed E-state index contributed by atoms with van der Waals surface area (Å²) in [5.41, 5.74) is 8.33. The molecule has 3 aromatic rings. The molecular formula is C28H31N3O3. The summed E-state index contributed by atoms with van der Waals surface area (Å²) in [5.74, 6) is 1.03. The van der Waals surface area contributed by atoms with Gasteiger partial charge in [0, 0.05) is 31.5 Å². The third-order valence-corrected chi connectivity index (χ3v) is 7.18. The van der Waals surface area contributed by atoms with Crippen LogP contribution in [0, 0.1) is 0 Å². The second-order valence-corrected chi connectivity index (χ2v) is 9.49. The number of hydrogen-bond acceptors (Lipinski definition) is 4. The van der Waals surface area contributed by atoms with Crippen molar-refractivity contribution < 1.29 is 14.0 Å². The number of likely N-dealkylation sites (tertiary alicyclic amines) is 2. The zero-order valence-corrected chi connectivity index (χ0v) is 19.5. The summed E-state index contributed by atoms with van der Waals surface area (Å²) < 4.78 is 5.75. The molecule has 2 N–H and O–H groups in total. The monoisotopic (exact) mass is 457 g/mol. The molecule has 2 amide bonds. The molecule has 4 atom stereocenters. The lowest BCUT2D eigenvalue weighted by atomic mass is 9.96. The fraction of sp³-hybridized carbons (Fsp3) is 0.357. The van der Waals surface area contributed by atoms with Crippen LogP contribution in [0.15, 0.2) is 77.2 Å². The Morgan fingerprint density at radius 1 is 0.912 bits per heavy atom. The van der Waals surface area contributed by atoms with E-state index in [9.17, 15) is 9.59 Å². The summed E-state index contributed by atoms with van der Waals surface area (Å²) in [6.45, 7) is 3.70. The molecule has 2 aliphatic heterocycles. The van der Waals surface area contributed by atoms with Crippen LogP contribution in [0.2, 0.25) is 0 Å². The van der Waals surface area contributed by atoms with Gasteiger partial charge >= 0.3 is 0 Å². The Kier molecular flexibility index (Phi) is 6.24. The highest BCUT2D eigenvalue weighted by atomic mass is 16.4. The van der Waals surface area contributed by atoms with Crippen LogP contribution in [-0.4, -0.2) is 47.3 Å². The summed E-state index contributed by atoms with van der Waals surface area (Å²) in [7, 11) is 0. The highest BCUT2D eigenvalue weighted by molar-refractivity contribution is 5.96. The van der Waals surface area contributed by atoms with E-state index in [1.165, 1.54) is 5.56 Å². The smallest absolute Gasteiger partial charge is 0.290 e. The molecule has 1 unspecified atom stereocenters. The molecule has 0 aliphatic carbocycles. The van der Waals surface area contributed by atoms with E-state index < -0.39 is 6.04 Å². The van der Waals surface area contributed by atoms with Crippen molar-refractivity contribution in [3.05, 3.63) is 95.4 Å². The first-order valence-electron chi connectivity index (χ1n) is 12.1. The first kappa shape index (κ1) is 22.4. The van der Waals surface area contributed by atoms with Crippen molar-refractivity contribution in [3.8, 4) is 0 Å². The minimum Gasteiger partial charge on any atom is -0.454 e. The van der Waals surface area contributed by atoms with Crippen LogP contribution in [0.4, 0.5) is 0 Å². The number of benzene rings is 2. The van der Waals surface area contributed by atoms with Gasteiger partial charge < -0.3 is 20.0 Å². The zero-order valence-electron chi connectivity index (χ0n) is 19.5. The molecule has 34 heavy (non-hydrogen) atoms. The van der Waals surface area contributed by atoms with Crippen LogP contribution in [0.25, 0.3) is 0 Å². The Bertz CT molecular complexity index is 1140. The van der Waals surface area contributed by atoms with Gasteiger partial charge in [-0.25, -0.2) is 0 Å². The third kappa shape index (κ3) is 4.38. The Hall–Kier alpha value is -3.38. The molecule has 1 aromatic heterocycles. The number of carbonyl (C=O) groups excluding carboxylic acids is 2. The molecule has 0 bridgehead atoms. The Morgan fingerprint density at radius 2 is 1.56 bits per heavy atom. The van der Waals surface area contributed by atoms with E-state index in [0.29, 0.717) is 37.7 Å². The van der Waals surface area contributed by atoms with Gasteiger partial charge in [0.15, 0.2) is 5.76 Å². The minimum atomic E-state index is -0.504. The summed E-state index contributed by atoms with van der Waals surface area (Å²) in [5, 5.41) is 0. The van der Waals surface area contributed by atoms with Crippen molar-refractivity contribution in [2.75, 3.05) is 19.6 Å². The van der Waals surface area contributed by atoms with Crippen molar-refractivity contribution >= 4 is 11.8 Å². The molecule has 2 saturated heterocycles. The maximum atomic E-state index is 13.7. The second kappa shape index (κ2) is 9.47. The third-order valence-electron chi connectivity index (χ3n) is 7.18. The Labute approximate surface area is 200 Å². The average molecular weight is 458 g/mol. The average Bonchev–Trinajstić information content (AvgIpc) is 3.64. The SMILES string of the molecule is C[C@@H](N)c1ccc(C(=O)N2C[C@@H](c3ccccc3)C[C@H]2C(=O)N2CCC(c3ccccc3)C2)o1. The topological polar surface area (TPSA) is 79.8 Å². The molecule has 2 aliphatic rings. The highest BCUT2D eigenvalue weighted by Gasteiger charge is 2.44. The van der Waals surface area contributed by atoms with Crippen LogP contribution < -0.4 is 5.73 Å². The molecule has 5 rings (SSSR count). The van der Waals surface area contributed by atoms with Gasteiger partial charge in [-0.15, -0.1) is 0 Å². The summed E-state index contributed by atoms with van der Waals surface area (Å²) >= 11 is 0. The summed E-state index contributed by atoms with van der Waals surface area (Å²) in [6, 6.07) is 23.1. The number of nitrogens with zero attached hydrogens (tertiary/aromatic N) is 2. The van der Waals surface area contributed by atoms with Gasteiger partial charge in [-0.05, 0) is 43.0 Å². The fourth-order valence-corrected chi connectivity index (χ4v) is 5.28. The van der Waals surface area contributed by atoms with E-state index >= 15 is 0 Å². The molecule has 0 spiro atoms. The summed E-state index contributed by atoms with van der Waals surface area (Å²) in [4.78, 5) is 30.9. The largest absolute Gasteiger partial charge is 0.454 e. The minimum absolute atomic E-state index is 0.0317. The Morgan fingerprint density at radius 3 is 2.18 bits per heavy atom. The zero-order chi connectivity index (χ0) is 23.7. The standard InChI is InChI=1S/C28H31N3O3/c1-19(29)25-12-13-26(34-25)28(33)31-18-23(21-10-6-3-7-11-21)16-24(31)27(32)30-15-14-22(17-30)20-8-4-2-5-9-20/h2-13,19,22-24H,14-18,29H2,1H3/t19-,22?,23+,24+/m1/s1. The van der Waals surface area contributed by atoms with Crippen LogP contribution in [0.3, 0.4) is 0 Å². The lowest BCUT2D eigenvalue weighted by Crippen LogP contribution is -2.47. The number of nitrogens with two attached hydrogens (primary N) is 1. The molecular weight excluding hydrogens is 426 g/mol. The lowest BCUT2D eigenvalue weighted by Gasteiger charge is -2.27. The summed E-state index contributed by atoms with van der Waals surface area (Å²) in [6.07, 6.45) is 1.55. The van der Waals surface area contributed by atoms with Gasteiger partial charge in [-0.3, -0.25) is 9.59 Å². The van der Waals surface area contributed by atoms with Crippen molar-refractivity contribution in [2.45, 2.75) is 43.7 Å². The van der Waals surface area contributed by atoms with Crippen LogP contribution >= 0.6 is 0 Å². The highest BCUT2D eigenvalue weighted by Crippen LogP contribution is 2.36. The van der Waals surface area contributed by atoms with Crippen LogP contribution in [0.5, 0.6) is 0 Å². The van der Waals surface area contributed by atoms with E-state index in [4.69, 9.17) is 10.2 Å². The van der Waals surface area contributed by atoms with Gasteiger partial charge in [-0.1, -0.05) is 60.7 Å². The number of carbonyl (C=O) groups is 2. The fourth-order valence-electron chi connectivity index (χ4n) is 5.28. The molecule has 2 fully saturated rings. The van der Waals surface area contributed by atoms with Gasteiger partial charge in [0.25, 0.3) is 5.91 Å². The predicted molar refractivity (Wildman–Crippen MR) is 130 cm³/mol. The maximum Gasteiger partial charge on any atom is 0.290 e. The van der Waals surface area contributed by atoms with Crippen molar-refractivity contribution in [2.24, 2.45) is 5.73 Å². The molecule has 0 saturated carbocycles. The van der Waals surface area contributed by atoms with Gasteiger partial charge in [-0.2, -0.15) is 0 Å². The molecule has 0 radical (unpaired) electrons. The molecule has 176 valence electrons. The quantitative estimate of drug-likeness (QED) is 0.619. The van der Waals surface area contributed by atoms with Crippen molar-refractivity contribution in [1.29, 1.82) is 0 Å². The first-order chi connectivity index (χ1) is 16.5. The van der Waals surface area contributed by atoms with E-state index in [2.05, 4.69) is 24.3 Å². The predicted octanol–water partition coefficient (Wildman–Crippen LogP) is 4.31. The number of furan rings is 1. The van der Waals surface area contributed by atoms with E-state index in [1.807, 2.05) is 48.2 Å².